The van der Waals surface area contributed by atoms with Gasteiger partial charge in [-0.15, -0.1) is 0 Å². The lowest BCUT2D eigenvalue weighted by Gasteiger charge is -2.15. The molecule has 0 aliphatic carbocycles. The zero-order valence-corrected chi connectivity index (χ0v) is 23.2. The molecule has 0 fully saturated rings. The molecule has 3 aromatic heterocycles. The molecule has 0 spiro atoms. The highest BCUT2D eigenvalue weighted by molar-refractivity contribution is 6.11. The van der Waals surface area contributed by atoms with Gasteiger partial charge in [-0.05, 0) is 77.2 Å². The van der Waals surface area contributed by atoms with Crippen LogP contribution in [0.2, 0.25) is 0 Å². The van der Waals surface area contributed by atoms with E-state index in [4.69, 9.17) is 11.6 Å². The lowest BCUT2D eigenvalue weighted by molar-refractivity contribution is 1.01. The van der Waals surface area contributed by atoms with Gasteiger partial charge >= 0.3 is 0 Å². The van der Waals surface area contributed by atoms with Crippen molar-refractivity contribution in [2.24, 2.45) is 0 Å². The van der Waals surface area contributed by atoms with Crippen molar-refractivity contribution in [3.8, 4) is 34.9 Å². The molecule has 0 atom stereocenters. The van der Waals surface area contributed by atoms with Crippen LogP contribution in [0.15, 0.2) is 121 Å². The average Bonchev–Trinajstić information content (AvgIpc) is 3.60. The molecule has 3 heterocycles. The van der Waals surface area contributed by atoms with E-state index >= 15 is 0 Å². The van der Waals surface area contributed by atoms with Crippen LogP contribution in [-0.2, 0) is 0 Å². The Balaban J connectivity index is 1.51. The van der Waals surface area contributed by atoms with Gasteiger partial charge in [0.25, 0.3) is 0 Å². The first-order valence-corrected chi connectivity index (χ1v) is 14.0. The summed E-state index contributed by atoms with van der Waals surface area (Å²) in [5.41, 5.74) is 7.19. The summed E-state index contributed by atoms with van der Waals surface area (Å²) in [5.74, 6) is 1.37. The van der Waals surface area contributed by atoms with Crippen LogP contribution in [0, 0.1) is 29.2 Å². The van der Waals surface area contributed by atoms with Crippen molar-refractivity contribution in [3.05, 3.63) is 144 Å². The molecule has 0 aliphatic rings. The third-order valence-corrected chi connectivity index (χ3v) is 8.20. The maximum absolute atomic E-state index is 10.0. The highest BCUT2D eigenvalue weighted by atomic mass is 15.1. The normalized spacial score (nSPS) is 11.1. The second kappa shape index (κ2) is 9.71. The van der Waals surface area contributed by atoms with Crippen molar-refractivity contribution >= 4 is 49.3 Å². The topological polar surface area (TPSA) is 74.7 Å². The van der Waals surface area contributed by atoms with Crippen molar-refractivity contribution in [2.45, 2.75) is 0 Å². The van der Waals surface area contributed by atoms with E-state index in [0.717, 1.165) is 54.7 Å². The number of pyridine rings is 1. The molecule has 0 unspecified atom stereocenters. The molecular weight excluding hydrogens is 540 g/mol. The Morgan fingerprint density at radius 2 is 1.14 bits per heavy atom. The van der Waals surface area contributed by atoms with Gasteiger partial charge in [-0.1, -0.05) is 60.7 Å². The van der Waals surface area contributed by atoms with Gasteiger partial charge in [0, 0.05) is 16.2 Å². The standard InChI is InChI=1S/C38H20N6/c1-41-27-15-17-36-32(21-27)30-11-5-7-13-34(30)44(36)38-20-26(28-9-3-2-8-25(28)23-40)19-37(42-38)43-33-12-6-4-10-29(33)31-18-24(22-39)14-16-35(31)43/h2-21H. The van der Waals surface area contributed by atoms with Crippen molar-refractivity contribution in [1.82, 2.24) is 14.1 Å². The van der Waals surface area contributed by atoms with Crippen LogP contribution in [0.25, 0.3) is 71.2 Å². The van der Waals surface area contributed by atoms with E-state index in [1.165, 1.54) is 0 Å². The summed E-state index contributed by atoms with van der Waals surface area (Å²) in [5, 5.41) is 23.7. The van der Waals surface area contributed by atoms with Crippen LogP contribution >= 0.6 is 0 Å². The van der Waals surface area contributed by atoms with Gasteiger partial charge < -0.3 is 0 Å². The molecule has 6 heteroatoms. The third kappa shape index (κ3) is 3.68. The number of rotatable bonds is 3. The van der Waals surface area contributed by atoms with E-state index < -0.39 is 0 Å². The molecule has 0 bridgehead atoms. The zero-order chi connectivity index (χ0) is 29.8. The number of aromatic nitrogens is 3. The summed E-state index contributed by atoms with van der Waals surface area (Å²) < 4.78 is 4.25. The van der Waals surface area contributed by atoms with Gasteiger partial charge in [-0.3, -0.25) is 9.13 Å². The molecule has 6 nitrogen and oxygen atoms in total. The summed E-state index contributed by atoms with van der Waals surface area (Å²) >= 11 is 0. The lowest BCUT2D eigenvalue weighted by Crippen LogP contribution is -2.04. The monoisotopic (exact) mass is 560 g/mol. The number of nitriles is 2. The summed E-state index contributed by atoms with van der Waals surface area (Å²) in [6.07, 6.45) is 0. The molecular formula is C38H20N6. The van der Waals surface area contributed by atoms with Gasteiger partial charge in [0.05, 0.1) is 51.9 Å². The zero-order valence-electron chi connectivity index (χ0n) is 23.2. The van der Waals surface area contributed by atoms with E-state index in [9.17, 15) is 10.5 Å². The Bertz CT molecular complexity index is 2450. The Morgan fingerprint density at radius 1 is 0.568 bits per heavy atom. The van der Waals surface area contributed by atoms with Crippen LogP contribution in [0.3, 0.4) is 0 Å². The van der Waals surface area contributed by atoms with E-state index in [0.29, 0.717) is 28.5 Å². The van der Waals surface area contributed by atoms with Gasteiger partial charge in [-0.2, -0.15) is 10.5 Å². The number of nitrogens with zero attached hydrogens (tertiary/aromatic N) is 6. The number of hydrogen-bond acceptors (Lipinski definition) is 3. The van der Waals surface area contributed by atoms with Crippen LogP contribution < -0.4 is 0 Å². The Labute approximate surface area is 252 Å². The number of fused-ring (bicyclic) bond motifs is 6. The fraction of sp³-hybridized carbons (Fsp3) is 0. The second-order valence-corrected chi connectivity index (χ2v) is 10.6. The van der Waals surface area contributed by atoms with Gasteiger partial charge in [0.1, 0.15) is 11.6 Å². The maximum atomic E-state index is 10.0. The molecule has 8 rings (SSSR count). The van der Waals surface area contributed by atoms with Gasteiger partial charge in [0.15, 0.2) is 5.69 Å². The van der Waals surface area contributed by atoms with E-state index in [1.807, 2.05) is 97.1 Å². The number of benzene rings is 5. The van der Waals surface area contributed by atoms with Crippen molar-refractivity contribution in [3.63, 3.8) is 0 Å². The lowest BCUT2D eigenvalue weighted by atomic mass is 10.0. The Kier molecular flexibility index (Phi) is 5.53. The number of para-hydroxylation sites is 2. The van der Waals surface area contributed by atoms with Gasteiger partial charge in [-0.25, -0.2) is 9.83 Å². The summed E-state index contributed by atoms with van der Waals surface area (Å²) in [6, 6.07) is 44.0. The SMILES string of the molecule is [C-]#[N+]c1ccc2c(c1)c1ccccc1n2-c1cc(-c2ccccc2C#N)cc(-n2c3ccccc3c3cc(C#N)ccc32)n1. The molecule has 44 heavy (non-hydrogen) atoms. The Morgan fingerprint density at radius 3 is 1.77 bits per heavy atom. The minimum atomic E-state index is 0.570. The summed E-state index contributed by atoms with van der Waals surface area (Å²) in [6.45, 7) is 7.58. The fourth-order valence-corrected chi connectivity index (χ4v) is 6.29. The minimum absolute atomic E-state index is 0.570. The molecule has 0 N–H and O–H groups in total. The van der Waals surface area contributed by atoms with E-state index in [1.54, 1.807) is 0 Å². The summed E-state index contributed by atoms with van der Waals surface area (Å²) in [7, 11) is 0. The molecule has 0 amide bonds. The first-order chi connectivity index (χ1) is 21.7. The first-order valence-electron chi connectivity index (χ1n) is 14.0. The molecule has 5 aromatic carbocycles. The van der Waals surface area contributed by atoms with Crippen LogP contribution in [0.4, 0.5) is 5.69 Å². The molecule has 0 saturated heterocycles. The predicted molar refractivity (Wildman–Crippen MR) is 174 cm³/mol. The number of hydrogen-bond donors (Lipinski definition) is 0. The van der Waals surface area contributed by atoms with Crippen molar-refractivity contribution in [1.29, 1.82) is 10.5 Å². The largest absolute Gasteiger partial charge is 0.294 e. The maximum Gasteiger partial charge on any atom is 0.188 e. The fourth-order valence-electron chi connectivity index (χ4n) is 6.29. The molecule has 0 saturated carbocycles. The quantitative estimate of drug-likeness (QED) is 0.202. The highest BCUT2D eigenvalue weighted by Crippen LogP contribution is 2.38. The van der Waals surface area contributed by atoms with Crippen LogP contribution in [0.5, 0.6) is 0 Å². The van der Waals surface area contributed by atoms with E-state index in [-0.39, 0.29) is 0 Å². The molecule has 0 aliphatic heterocycles. The van der Waals surface area contributed by atoms with Crippen LogP contribution in [0.1, 0.15) is 11.1 Å². The molecule has 202 valence electrons. The van der Waals surface area contributed by atoms with Crippen LogP contribution in [-0.4, -0.2) is 14.1 Å². The third-order valence-electron chi connectivity index (χ3n) is 8.20. The smallest absolute Gasteiger partial charge is 0.188 e. The Hall–Kier alpha value is -6.68. The average molecular weight is 561 g/mol. The summed E-state index contributed by atoms with van der Waals surface area (Å²) in [4.78, 5) is 8.97. The van der Waals surface area contributed by atoms with Crippen molar-refractivity contribution in [2.75, 3.05) is 0 Å². The molecule has 8 aromatic rings. The predicted octanol–water partition coefficient (Wildman–Crippen LogP) is 9.24. The second-order valence-electron chi connectivity index (χ2n) is 10.6. The minimum Gasteiger partial charge on any atom is -0.294 e. The van der Waals surface area contributed by atoms with Crippen molar-refractivity contribution < 1.29 is 0 Å². The first kappa shape index (κ1) is 25.1. The highest BCUT2D eigenvalue weighted by Gasteiger charge is 2.19. The van der Waals surface area contributed by atoms with E-state index in [2.05, 4.69) is 50.4 Å². The van der Waals surface area contributed by atoms with Gasteiger partial charge in [0.2, 0.25) is 0 Å². The molecule has 0 radical (unpaired) electrons.